The van der Waals surface area contributed by atoms with Crippen molar-refractivity contribution in [3.05, 3.63) is 156 Å². The Morgan fingerprint density at radius 2 is 1.03 bits per heavy atom. The molecule has 5 aromatic rings. The first kappa shape index (κ1) is 21.7. The van der Waals surface area contributed by atoms with Crippen LogP contribution in [0.5, 0.6) is 0 Å². The van der Waals surface area contributed by atoms with Gasteiger partial charge in [0.1, 0.15) is 0 Å². The maximum absolute atomic E-state index is 13.1. The van der Waals surface area contributed by atoms with Crippen LogP contribution >= 0.6 is 0 Å². The Labute approximate surface area is 200 Å². The minimum absolute atomic E-state index is 0.402. The van der Waals surface area contributed by atoms with E-state index in [4.69, 9.17) is 0 Å². The van der Waals surface area contributed by atoms with E-state index >= 15 is 0 Å². The Morgan fingerprint density at radius 1 is 0.588 bits per heavy atom. The van der Waals surface area contributed by atoms with Crippen LogP contribution in [-0.4, -0.2) is 11.1 Å². The average molecular weight is 443 g/mol. The van der Waals surface area contributed by atoms with Crippen molar-refractivity contribution >= 4 is 16.7 Å². The smallest absolute Gasteiger partial charge is 0.308 e. The van der Waals surface area contributed by atoms with Crippen LogP contribution in [0.3, 0.4) is 0 Å². The van der Waals surface area contributed by atoms with Crippen LogP contribution < -0.4 is 0 Å². The van der Waals surface area contributed by atoms with E-state index in [9.17, 15) is 9.90 Å². The summed E-state index contributed by atoms with van der Waals surface area (Å²) in [5.74, 6) is -1.54. The highest BCUT2D eigenvalue weighted by atomic mass is 16.4. The lowest BCUT2D eigenvalue weighted by Gasteiger charge is -2.41. The SMILES string of the molecule is O=C(O)[C@H](Cc1ccc2ccccc2c1)C(c1ccccc1)(c1ccccc1)c1ccccc1. The second kappa shape index (κ2) is 9.36. The van der Waals surface area contributed by atoms with Crippen molar-refractivity contribution in [2.24, 2.45) is 5.92 Å². The molecule has 0 aromatic heterocycles. The van der Waals surface area contributed by atoms with Crippen molar-refractivity contribution in [1.29, 1.82) is 0 Å². The molecular weight excluding hydrogens is 416 g/mol. The van der Waals surface area contributed by atoms with Crippen LogP contribution in [0.4, 0.5) is 0 Å². The van der Waals surface area contributed by atoms with Crippen molar-refractivity contribution in [2.45, 2.75) is 11.8 Å². The molecule has 0 aliphatic carbocycles. The molecule has 5 rings (SSSR count). The lowest BCUT2D eigenvalue weighted by atomic mass is 9.60. The van der Waals surface area contributed by atoms with Gasteiger partial charge in [0.05, 0.1) is 11.3 Å². The van der Waals surface area contributed by atoms with Crippen molar-refractivity contribution in [1.82, 2.24) is 0 Å². The first-order chi connectivity index (χ1) is 16.7. The summed E-state index contributed by atoms with van der Waals surface area (Å²) < 4.78 is 0. The molecule has 0 aliphatic heterocycles. The number of carboxylic acids is 1. The summed E-state index contributed by atoms with van der Waals surface area (Å²) in [5.41, 5.74) is 3.07. The van der Waals surface area contributed by atoms with Gasteiger partial charge in [-0.1, -0.05) is 133 Å². The molecule has 2 nitrogen and oxygen atoms in total. The third-order valence-corrected chi connectivity index (χ3v) is 6.76. The Hall–Kier alpha value is -4.17. The number of carbonyl (C=O) groups is 1. The summed E-state index contributed by atoms with van der Waals surface area (Å²) in [6, 6.07) is 44.6. The van der Waals surface area contributed by atoms with E-state index in [-0.39, 0.29) is 0 Å². The summed E-state index contributed by atoms with van der Waals surface area (Å²) in [4.78, 5) is 13.1. The molecule has 0 spiro atoms. The van der Waals surface area contributed by atoms with Crippen LogP contribution in [0.2, 0.25) is 0 Å². The van der Waals surface area contributed by atoms with Crippen molar-refractivity contribution < 1.29 is 9.90 Å². The van der Waals surface area contributed by atoms with Crippen LogP contribution in [0.1, 0.15) is 22.3 Å². The Morgan fingerprint density at radius 3 is 1.50 bits per heavy atom. The summed E-state index contributed by atoms with van der Waals surface area (Å²) in [6.07, 6.45) is 0.402. The van der Waals surface area contributed by atoms with Crippen molar-refractivity contribution in [3.63, 3.8) is 0 Å². The Kier molecular flexibility index (Phi) is 5.97. The molecule has 34 heavy (non-hydrogen) atoms. The summed E-state index contributed by atoms with van der Waals surface area (Å²) >= 11 is 0. The molecule has 0 unspecified atom stereocenters. The van der Waals surface area contributed by atoms with E-state index in [2.05, 4.69) is 66.7 Å². The van der Waals surface area contributed by atoms with E-state index in [1.807, 2.05) is 66.7 Å². The molecule has 0 saturated heterocycles. The monoisotopic (exact) mass is 442 g/mol. The van der Waals surface area contributed by atoms with Gasteiger partial charge in [-0.2, -0.15) is 0 Å². The molecule has 2 heteroatoms. The van der Waals surface area contributed by atoms with E-state index in [0.717, 1.165) is 33.0 Å². The highest BCUT2D eigenvalue weighted by Gasteiger charge is 2.47. The zero-order valence-corrected chi connectivity index (χ0v) is 18.8. The number of aliphatic carboxylic acids is 1. The van der Waals surface area contributed by atoms with Gasteiger partial charge in [0.15, 0.2) is 0 Å². The van der Waals surface area contributed by atoms with Gasteiger partial charge in [-0.3, -0.25) is 4.79 Å². The van der Waals surface area contributed by atoms with Crippen molar-refractivity contribution in [2.75, 3.05) is 0 Å². The lowest BCUT2D eigenvalue weighted by molar-refractivity contribution is -0.143. The first-order valence-corrected chi connectivity index (χ1v) is 11.6. The van der Waals surface area contributed by atoms with Crippen LogP contribution in [0, 0.1) is 5.92 Å². The van der Waals surface area contributed by atoms with Crippen LogP contribution in [0.15, 0.2) is 133 Å². The zero-order chi connectivity index (χ0) is 23.4. The number of carboxylic acid groups (broad SMARTS) is 1. The zero-order valence-electron chi connectivity index (χ0n) is 18.8. The van der Waals surface area contributed by atoms with Gasteiger partial charge in [-0.15, -0.1) is 0 Å². The lowest BCUT2D eigenvalue weighted by Crippen LogP contribution is -2.43. The summed E-state index contributed by atoms with van der Waals surface area (Å²) in [6.45, 7) is 0. The van der Waals surface area contributed by atoms with E-state index in [1.165, 1.54) is 0 Å². The van der Waals surface area contributed by atoms with Gasteiger partial charge in [0, 0.05) is 0 Å². The molecule has 0 radical (unpaired) electrons. The van der Waals surface area contributed by atoms with E-state index in [0.29, 0.717) is 6.42 Å². The fraction of sp³-hybridized carbons (Fsp3) is 0.0938. The number of hydrogen-bond donors (Lipinski definition) is 1. The number of fused-ring (bicyclic) bond motifs is 1. The summed E-state index contributed by atoms with van der Waals surface area (Å²) in [5, 5.41) is 13.0. The molecule has 1 N–H and O–H groups in total. The maximum Gasteiger partial charge on any atom is 0.308 e. The third kappa shape index (κ3) is 3.88. The highest BCUT2D eigenvalue weighted by molar-refractivity contribution is 5.83. The first-order valence-electron chi connectivity index (χ1n) is 11.6. The molecule has 166 valence electrons. The molecule has 0 amide bonds. The Bertz CT molecular complexity index is 1300. The Balaban J connectivity index is 1.77. The third-order valence-electron chi connectivity index (χ3n) is 6.76. The van der Waals surface area contributed by atoms with Crippen molar-refractivity contribution in [3.8, 4) is 0 Å². The maximum atomic E-state index is 13.1. The largest absolute Gasteiger partial charge is 0.481 e. The quantitative estimate of drug-likeness (QED) is 0.273. The van der Waals surface area contributed by atoms with Gasteiger partial charge in [0.2, 0.25) is 0 Å². The van der Waals surface area contributed by atoms with Gasteiger partial charge >= 0.3 is 5.97 Å². The topological polar surface area (TPSA) is 37.3 Å². The van der Waals surface area contributed by atoms with E-state index in [1.54, 1.807) is 0 Å². The molecule has 0 fully saturated rings. The van der Waals surface area contributed by atoms with Gasteiger partial charge in [0.25, 0.3) is 0 Å². The normalized spacial score (nSPS) is 12.4. The number of benzene rings is 5. The number of hydrogen-bond acceptors (Lipinski definition) is 1. The second-order valence-corrected chi connectivity index (χ2v) is 8.68. The van der Waals surface area contributed by atoms with Crippen LogP contribution in [-0.2, 0) is 16.6 Å². The molecule has 0 saturated carbocycles. The van der Waals surface area contributed by atoms with Gasteiger partial charge in [-0.05, 0) is 39.4 Å². The molecule has 5 aromatic carbocycles. The molecule has 0 aliphatic rings. The minimum atomic E-state index is -0.860. The molecule has 0 heterocycles. The fourth-order valence-electron chi connectivity index (χ4n) is 5.23. The predicted molar refractivity (Wildman–Crippen MR) is 138 cm³/mol. The predicted octanol–water partition coefficient (Wildman–Crippen LogP) is 7.12. The highest BCUT2D eigenvalue weighted by Crippen LogP contribution is 2.46. The summed E-state index contributed by atoms with van der Waals surface area (Å²) in [7, 11) is 0. The second-order valence-electron chi connectivity index (χ2n) is 8.68. The fourth-order valence-corrected chi connectivity index (χ4v) is 5.23. The number of rotatable bonds is 7. The van der Waals surface area contributed by atoms with Crippen LogP contribution in [0.25, 0.3) is 10.8 Å². The van der Waals surface area contributed by atoms with Gasteiger partial charge in [-0.25, -0.2) is 0 Å². The molecule has 0 bridgehead atoms. The average Bonchev–Trinajstić information content (AvgIpc) is 2.90. The van der Waals surface area contributed by atoms with E-state index < -0.39 is 17.3 Å². The standard InChI is InChI=1S/C32H26O2/c33-31(34)30(23-24-20-21-25-12-10-11-13-26(25)22-24)32(27-14-4-1-5-15-27,28-16-6-2-7-17-28)29-18-8-3-9-19-29/h1-22,30H,23H2,(H,33,34)/t30-/m0/s1. The molecule has 1 atom stereocenters. The minimum Gasteiger partial charge on any atom is -0.481 e. The van der Waals surface area contributed by atoms with Gasteiger partial charge < -0.3 is 5.11 Å². The molecular formula is C32H26O2.